The van der Waals surface area contributed by atoms with Crippen LogP contribution in [0.4, 0.5) is 0 Å². The Morgan fingerprint density at radius 3 is 1.17 bits per heavy atom. The summed E-state index contributed by atoms with van der Waals surface area (Å²) in [6.45, 7) is 22.5. The van der Waals surface area contributed by atoms with Crippen molar-refractivity contribution in [2.45, 2.75) is 77.8 Å². The van der Waals surface area contributed by atoms with E-state index in [0.717, 1.165) is 23.0 Å². The van der Waals surface area contributed by atoms with Crippen LogP contribution in [0.3, 0.4) is 0 Å². The maximum atomic E-state index is 6.41. The van der Waals surface area contributed by atoms with Crippen LogP contribution in [-0.2, 0) is 0 Å². The van der Waals surface area contributed by atoms with Gasteiger partial charge in [0, 0.05) is 12.1 Å². The molecule has 0 aromatic heterocycles. The van der Waals surface area contributed by atoms with Crippen LogP contribution in [0.15, 0.2) is 48.5 Å². The number of ether oxygens (including phenoxy) is 1. The predicted octanol–water partition coefficient (Wildman–Crippen LogP) is 8.25. The molecule has 0 radical (unpaired) electrons. The molecule has 2 rings (SSSR count). The first-order chi connectivity index (χ1) is 13.1. The first-order valence-corrected chi connectivity index (χ1v) is 16.2. The van der Waals surface area contributed by atoms with E-state index in [-0.39, 0.29) is 10.1 Å². The summed E-state index contributed by atoms with van der Waals surface area (Å²) >= 11 is 0. The molecular formula is C24H38O3Si2. The summed E-state index contributed by atoms with van der Waals surface area (Å²) in [6.07, 6.45) is 0. The second-order valence-corrected chi connectivity index (χ2v) is 20.2. The Balaban J connectivity index is 2.17. The minimum Gasteiger partial charge on any atom is -0.543 e. The van der Waals surface area contributed by atoms with E-state index in [1.54, 1.807) is 0 Å². The van der Waals surface area contributed by atoms with E-state index < -0.39 is 16.6 Å². The predicted molar refractivity (Wildman–Crippen MR) is 129 cm³/mol. The summed E-state index contributed by atoms with van der Waals surface area (Å²) in [5.41, 5.74) is 0. The van der Waals surface area contributed by atoms with Gasteiger partial charge in [-0.2, -0.15) is 0 Å². The van der Waals surface area contributed by atoms with Crippen molar-refractivity contribution in [3.05, 3.63) is 48.5 Å². The van der Waals surface area contributed by atoms with E-state index in [1.165, 1.54) is 0 Å². The summed E-state index contributed by atoms with van der Waals surface area (Å²) in [7, 11) is -3.77. The van der Waals surface area contributed by atoms with Crippen LogP contribution in [0.1, 0.15) is 41.5 Å². The second-order valence-electron chi connectivity index (χ2n) is 10.8. The lowest BCUT2D eigenvalue weighted by atomic mass is 10.2. The normalized spacial score (nSPS) is 13.2. The number of benzene rings is 2. The van der Waals surface area contributed by atoms with Crippen LogP contribution >= 0.6 is 0 Å². The highest BCUT2D eigenvalue weighted by Gasteiger charge is 2.39. The number of rotatable bonds is 6. The fourth-order valence-corrected chi connectivity index (χ4v) is 4.28. The molecule has 29 heavy (non-hydrogen) atoms. The summed E-state index contributed by atoms with van der Waals surface area (Å²) in [5, 5.41) is 0.304. The van der Waals surface area contributed by atoms with Crippen molar-refractivity contribution >= 4 is 16.6 Å². The van der Waals surface area contributed by atoms with Crippen LogP contribution in [-0.4, -0.2) is 16.6 Å². The van der Waals surface area contributed by atoms with Crippen LogP contribution in [0, 0.1) is 0 Å². The maximum Gasteiger partial charge on any atom is 0.250 e. The van der Waals surface area contributed by atoms with Crippen LogP contribution < -0.4 is 13.6 Å². The molecule has 2 aromatic carbocycles. The molecule has 0 atom stereocenters. The summed E-state index contributed by atoms with van der Waals surface area (Å²) < 4.78 is 19.0. The lowest BCUT2D eigenvalue weighted by molar-refractivity contribution is 0.459. The highest BCUT2D eigenvalue weighted by molar-refractivity contribution is 6.75. The van der Waals surface area contributed by atoms with E-state index in [0.29, 0.717) is 0 Å². The third-order valence-corrected chi connectivity index (χ3v) is 14.9. The summed E-state index contributed by atoms with van der Waals surface area (Å²) in [6, 6.07) is 15.8. The highest BCUT2D eigenvalue weighted by Crippen LogP contribution is 2.39. The van der Waals surface area contributed by atoms with Gasteiger partial charge < -0.3 is 13.6 Å². The van der Waals surface area contributed by atoms with Crippen molar-refractivity contribution in [2.24, 2.45) is 0 Å². The number of hydrogen-bond acceptors (Lipinski definition) is 3. The zero-order valence-electron chi connectivity index (χ0n) is 19.8. The number of hydrogen-bond donors (Lipinski definition) is 0. The minimum absolute atomic E-state index is 0.152. The largest absolute Gasteiger partial charge is 0.543 e. The molecule has 0 heterocycles. The zero-order chi connectivity index (χ0) is 22.1. The van der Waals surface area contributed by atoms with E-state index in [2.05, 4.69) is 67.7 Å². The van der Waals surface area contributed by atoms with Crippen molar-refractivity contribution < 1.29 is 13.6 Å². The van der Waals surface area contributed by atoms with Crippen molar-refractivity contribution in [1.29, 1.82) is 0 Å². The van der Waals surface area contributed by atoms with Gasteiger partial charge in [0.2, 0.25) is 16.6 Å². The van der Waals surface area contributed by atoms with Crippen LogP contribution in [0.5, 0.6) is 23.0 Å². The molecule has 0 aliphatic carbocycles. The first kappa shape index (κ1) is 23.6. The van der Waals surface area contributed by atoms with Crippen molar-refractivity contribution in [1.82, 2.24) is 0 Å². The molecule has 0 bridgehead atoms. The van der Waals surface area contributed by atoms with Gasteiger partial charge in [0.05, 0.1) is 0 Å². The van der Waals surface area contributed by atoms with E-state index >= 15 is 0 Å². The molecule has 160 valence electrons. The average Bonchev–Trinajstić information content (AvgIpc) is 2.52. The Labute approximate surface area is 179 Å². The highest BCUT2D eigenvalue weighted by atomic mass is 28.4. The fourth-order valence-electron chi connectivity index (χ4n) is 2.23. The van der Waals surface area contributed by atoms with Crippen LogP contribution in [0.25, 0.3) is 0 Å². The molecule has 0 saturated heterocycles. The van der Waals surface area contributed by atoms with Gasteiger partial charge in [-0.1, -0.05) is 53.7 Å². The van der Waals surface area contributed by atoms with E-state index in [9.17, 15) is 0 Å². The van der Waals surface area contributed by atoms with Gasteiger partial charge >= 0.3 is 0 Å². The molecule has 0 spiro atoms. The van der Waals surface area contributed by atoms with Gasteiger partial charge in [-0.05, 0) is 60.5 Å². The smallest absolute Gasteiger partial charge is 0.250 e. The first-order valence-electron chi connectivity index (χ1n) is 10.4. The Morgan fingerprint density at radius 1 is 0.552 bits per heavy atom. The average molecular weight is 431 g/mol. The van der Waals surface area contributed by atoms with Gasteiger partial charge in [-0.15, -0.1) is 0 Å². The van der Waals surface area contributed by atoms with E-state index in [4.69, 9.17) is 13.6 Å². The summed E-state index contributed by atoms with van der Waals surface area (Å²) in [4.78, 5) is 0. The molecule has 0 N–H and O–H groups in total. The Kier molecular flexibility index (Phi) is 6.65. The Bertz CT molecular complexity index is 761. The molecule has 0 saturated carbocycles. The molecule has 0 fully saturated rings. The SMILES string of the molecule is CC(C)(C)[Si](C)(C)Oc1cccc(Oc2cccc(O[Si](C)(C)C(C)(C)C)c2)c1. The third kappa shape index (κ3) is 6.13. The maximum absolute atomic E-state index is 6.41. The quantitative estimate of drug-likeness (QED) is 0.432. The van der Waals surface area contributed by atoms with Crippen molar-refractivity contribution in [3.8, 4) is 23.0 Å². The Morgan fingerprint density at radius 2 is 0.862 bits per heavy atom. The molecule has 0 aliphatic heterocycles. The monoisotopic (exact) mass is 430 g/mol. The lowest BCUT2D eigenvalue weighted by Gasteiger charge is -2.36. The molecule has 5 heteroatoms. The van der Waals surface area contributed by atoms with Crippen molar-refractivity contribution in [3.63, 3.8) is 0 Å². The van der Waals surface area contributed by atoms with Crippen molar-refractivity contribution in [2.75, 3.05) is 0 Å². The third-order valence-electron chi connectivity index (χ3n) is 6.21. The second kappa shape index (κ2) is 8.19. The molecular weight excluding hydrogens is 392 g/mol. The van der Waals surface area contributed by atoms with Gasteiger partial charge in [0.15, 0.2) is 0 Å². The fraction of sp³-hybridized carbons (Fsp3) is 0.500. The topological polar surface area (TPSA) is 27.7 Å². The molecule has 0 amide bonds. The Hall–Kier alpha value is -1.73. The summed E-state index contributed by atoms with van der Waals surface area (Å²) in [5.74, 6) is 3.27. The standard InChI is InChI=1S/C24H38O3Si2/c1-23(2,3)28(7,8)26-21-15-11-13-19(17-21)25-20-14-12-16-22(18-20)27-29(9,10)24(4,5)6/h11-18H,1-10H3. The lowest BCUT2D eigenvalue weighted by Crippen LogP contribution is -2.43. The minimum atomic E-state index is -1.89. The zero-order valence-corrected chi connectivity index (χ0v) is 21.8. The molecule has 3 nitrogen and oxygen atoms in total. The van der Waals surface area contributed by atoms with Gasteiger partial charge in [0.1, 0.15) is 23.0 Å². The van der Waals surface area contributed by atoms with Crippen LogP contribution in [0.2, 0.25) is 36.3 Å². The molecule has 2 aromatic rings. The van der Waals surface area contributed by atoms with Gasteiger partial charge in [-0.25, -0.2) is 0 Å². The molecule has 0 unspecified atom stereocenters. The van der Waals surface area contributed by atoms with Gasteiger partial charge in [-0.3, -0.25) is 0 Å². The van der Waals surface area contributed by atoms with Gasteiger partial charge in [0.25, 0.3) is 0 Å². The molecule has 0 aliphatic rings. The van der Waals surface area contributed by atoms with E-state index in [1.807, 2.05) is 48.5 Å².